The average molecular weight is 297 g/mol. The number of nitrogen functional groups attached to an aromatic ring is 1. The molecule has 0 fully saturated rings. The molecule has 2 aromatic rings. The first-order chi connectivity index (χ1) is 9.38. The third kappa shape index (κ3) is 2.88. The van der Waals surface area contributed by atoms with Crippen LogP contribution in [0.4, 0.5) is 20.2 Å². The molecule has 6 heteroatoms. The highest BCUT2D eigenvalue weighted by molar-refractivity contribution is 6.33. The second kappa shape index (κ2) is 5.46. The zero-order chi connectivity index (χ0) is 14.9. The van der Waals surface area contributed by atoms with Crippen LogP contribution in [0, 0.1) is 18.6 Å². The summed E-state index contributed by atoms with van der Waals surface area (Å²) in [5.41, 5.74) is 6.23. The molecule has 0 aliphatic heterocycles. The van der Waals surface area contributed by atoms with Crippen LogP contribution in [0.1, 0.15) is 15.9 Å². The van der Waals surface area contributed by atoms with Crippen molar-refractivity contribution in [3.63, 3.8) is 0 Å². The van der Waals surface area contributed by atoms with Crippen LogP contribution >= 0.6 is 11.6 Å². The Labute approximate surface area is 119 Å². The molecule has 2 aromatic carbocycles. The number of rotatable bonds is 2. The Morgan fingerprint density at radius 3 is 2.55 bits per heavy atom. The van der Waals surface area contributed by atoms with Gasteiger partial charge >= 0.3 is 0 Å². The molecule has 0 saturated heterocycles. The smallest absolute Gasteiger partial charge is 0.258 e. The number of anilines is 2. The molecule has 0 heterocycles. The monoisotopic (exact) mass is 296 g/mol. The number of nitrogens with two attached hydrogens (primary N) is 1. The van der Waals surface area contributed by atoms with Crippen molar-refractivity contribution in [2.75, 3.05) is 11.1 Å². The van der Waals surface area contributed by atoms with E-state index in [1.54, 1.807) is 0 Å². The van der Waals surface area contributed by atoms with Crippen LogP contribution in [0.15, 0.2) is 30.3 Å². The molecule has 3 N–H and O–H groups in total. The highest BCUT2D eigenvalue weighted by Gasteiger charge is 2.15. The minimum atomic E-state index is -0.924. The first kappa shape index (κ1) is 14.3. The molecule has 20 heavy (non-hydrogen) atoms. The predicted molar refractivity (Wildman–Crippen MR) is 74.9 cm³/mol. The second-order valence-corrected chi connectivity index (χ2v) is 4.68. The minimum absolute atomic E-state index is 0.187. The lowest BCUT2D eigenvalue weighted by molar-refractivity contribution is 0.102. The standard InChI is InChI=1S/C14H11ClF2N2O/c1-7-4-9(12(17)6-11(7)16)14(20)19-8-2-3-13(18)10(15)5-8/h2-6H,18H2,1H3,(H,19,20). The zero-order valence-corrected chi connectivity index (χ0v) is 11.3. The van der Waals surface area contributed by atoms with Crippen molar-refractivity contribution < 1.29 is 13.6 Å². The maximum Gasteiger partial charge on any atom is 0.258 e. The van der Waals surface area contributed by atoms with Crippen LogP contribution in [0.5, 0.6) is 0 Å². The molecule has 0 aliphatic carbocycles. The Morgan fingerprint density at radius 2 is 1.90 bits per heavy atom. The molecule has 1 amide bonds. The Kier molecular flexibility index (Phi) is 3.90. The van der Waals surface area contributed by atoms with Crippen LogP contribution in [0.25, 0.3) is 0 Å². The molecule has 0 saturated carbocycles. The van der Waals surface area contributed by atoms with E-state index in [0.29, 0.717) is 17.4 Å². The number of carbonyl (C=O) groups excluding carboxylic acids is 1. The summed E-state index contributed by atoms with van der Waals surface area (Å²) in [5.74, 6) is -2.31. The van der Waals surface area contributed by atoms with Gasteiger partial charge in [-0.25, -0.2) is 8.78 Å². The van der Waals surface area contributed by atoms with Gasteiger partial charge in [0.15, 0.2) is 0 Å². The Balaban J connectivity index is 2.28. The highest BCUT2D eigenvalue weighted by Crippen LogP contribution is 2.23. The summed E-state index contributed by atoms with van der Waals surface area (Å²) < 4.78 is 26.7. The van der Waals surface area contributed by atoms with Crippen molar-refractivity contribution in [2.45, 2.75) is 6.92 Å². The Hall–Kier alpha value is -2.14. The van der Waals surface area contributed by atoms with E-state index in [2.05, 4.69) is 5.32 Å². The van der Waals surface area contributed by atoms with E-state index in [1.165, 1.54) is 25.1 Å². The summed E-state index contributed by atoms with van der Waals surface area (Å²) in [7, 11) is 0. The second-order valence-electron chi connectivity index (χ2n) is 4.27. The number of hydrogen-bond donors (Lipinski definition) is 2. The summed E-state index contributed by atoms with van der Waals surface area (Å²) in [4.78, 5) is 11.9. The molecule has 2 rings (SSSR count). The predicted octanol–water partition coefficient (Wildman–Crippen LogP) is 3.76. The fourth-order valence-electron chi connectivity index (χ4n) is 1.63. The summed E-state index contributed by atoms with van der Waals surface area (Å²) in [6.07, 6.45) is 0. The molecule has 0 unspecified atom stereocenters. The van der Waals surface area contributed by atoms with Crippen LogP contribution in [-0.4, -0.2) is 5.91 Å². The largest absolute Gasteiger partial charge is 0.398 e. The van der Waals surface area contributed by atoms with Gasteiger partial charge in [0.1, 0.15) is 11.6 Å². The Bertz CT molecular complexity index is 689. The SMILES string of the molecule is Cc1cc(C(=O)Nc2ccc(N)c(Cl)c2)c(F)cc1F. The number of amides is 1. The van der Waals surface area contributed by atoms with E-state index < -0.39 is 17.5 Å². The molecule has 0 bridgehead atoms. The first-order valence-electron chi connectivity index (χ1n) is 5.70. The summed E-state index contributed by atoms with van der Waals surface area (Å²) in [6, 6.07) is 6.33. The molecule has 0 spiro atoms. The van der Waals surface area contributed by atoms with Gasteiger partial charge in [0.25, 0.3) is 5.91 Å². The molecule has 0 aliphatic rings. The number of halogens is 3. The van der Waals surface area contributed by atoms with Gasteiger partial charge in [-0.2, -0.15) is 0 Å². The normalized spacial score (nSPS) is 10.4. The fourth-order valence-corrected chi connectivity index (χ4v) is 1.82. The molecular weight excluding hydrogens is 286 g/mol. The number of carbonyl (C=O) groups is 1. The van der Waals surface area contributed by atoms with Crippen LogP contribution in [0.3, 0.4) is 0 Å². The van der Waals surface area contributed by atoms with Gasteiger partial charge < -0.3 is 11.1 Å². The van der Waals surface area contributed by atoms with Crippen molar-refractivity contribution in [2.24, 2.45) is 0 Å². The van der Waals surface area contributed by atoms with Gasteiger partial charge in [-0.3, -0.25) is 4.79 Å². The zero-order valence-electron chi connectivity index (χ0n) is 10.5. The number of hydrogen-bond acceptors (Lipinski definition) is 2. The van der Waals surface area contributed by atoms with E-state index in [0.717, 1.165) is 6.07 Å². The lowest BCUT2D eigenvalue weighted by Gasteiger charge is -2.08. The van der Waals surface area contributed by atoms with Crippen LogP contribution in [-0.2, 0) is 0 Å². The lowest BCUT2D eigenvalue weighted by Crippen LogP contribution is -2.14. The maximum atomic E-state index is 13.6. The quantitative estimate of drug-likeness (QED) is 0.829. The van der Waals surface area contributed by atoms with Crippen molar-refractivity contribution in [1.82, 2.24) is 0 Å². The van der Waals surface area contributed by atoms with Crippen LogP contribution < -0.4 is 11.1 Å². The van der Waals surface area contributed by atoms with Crippen molar-refractivity contribution >= 4 is 28.9 Å². The van der Waals surface area contributed by atoms with Gasteiger partial charge in [-0.15, -0.1) is 0 Å². The van der Waals surface area contributed by atoms with Gasteiger partial charge in [0.05, 0.1) is 16.3 Å². The van der Waals surface area contributed by atoms with E-state index in [9.17, 15) is 13.6 Å². The van der Waals surface area contributed by atoms with Crippen molar-refractivity contribution in [3.05, 3.63) is 58.1 Å². The molecule has 0 atom stereocenters. The fraction of sp³-hybridized carbons (Fsp3) is 0.0714. The molecular formula is C14H11ClF2N2O. The topological polar surface area (TPSA) is 55.1 Å². The molecule has 0 aromatic heterocycles. The van der Waals surface area contributed by atoms with Gasteiger partial charge in [0.2, 0.25) is 0 Å². The number of nitrogens with one attached hydrogen (secondary N) is 1. The molecule has 3 nitrogen and oxygen atoms in total. The summed E-state index contributed by atoms with van der Waals surface area (Å²) in [6.45, 7) is 1.45. The van der Waals surface area contributed by atoms with E-state index in [1.807, 2.05) is 0 Å². The third-order valence-corrected chi connectivity index (χ3v) is 3.08. The maximum absolute atomic E-state index is 13.6. The lowest BCUT2D eigenvalue weighted by atomic mass is 10.1. The van der Waals surface area contributed by atoms with Crippen molar-refractivity contribution in [3.8, 4) is 0 Å². The number of benzene rings is 2. The summed E-state index contributed by atoms with van der Waals surface area (Å²) in [5, 5.41) is 2.75. The Morgan fingerprint density at radius 1 is 1.20 bits per heavy atom. The third-order valence-electron chi connectivity index (χ3n) is 2.75. The van der Waals surface area contributed by atoms with Crippen LogP contribution in [0.2, 0.25) is 5.02 Å². The van der Waals surface area contributed by atoms with Gasteiger partial charge in [0, 0.05) is 11.8 Å². The molecule has 0 radical (unpaired) electrons. The first-order valence-corrected chi connectivity index (χ1v) is 6.08. The number of aryl methyl sites for hydroxylation is 1. The van der Waals surface area contributed by atoms with E-state index >= 15 is 0 Å². The highest BCUT2D eigenvalue weighted by atomic mass is 35.5. The molecule has 104 valence electrons. The van der Waals surface area contributed by atoms with Gasteiger partial charge in [-0.1, -0.05) is 11.6 Å². The summed E-state index contributed by atoms with van der Waals surface area (Å²) >= 11 is 5.82. The minimum Gasteiger partial charge on any atom is -0.398 e. The average Bonchev–Trinajstić information content (AvgIpc) is 2.38. The van der Waals surface area contributed by atoms with E-state index in [4.69, 9.17) is 17.3 Å². The van der Waals surface area contributed by atoms with Gasteiger partial charge in [-0.05, 0) is 36.8 Å². The van der Waals surface area contributed by atoms with E-state index in [-0.39, 0.29) is 16.1 Å². The van der Waals surface area contributed by atoms with Crippen molar-refractivity contribution in [1.29, 1.82) is 0 Å².